The second kappa shape index (κ2) is 5.01. The maximum Gasteiger partial charge on any atom is 0.126 e. The van der Waals surface area contributed by atoms with E-state index in [4.69, 9.17) is 0 Å². The van der Waals surface area contributed by atoms with Gasteiger partial charge in [0.2, 0.25) is 0 Å². The molecule has 1 rings (SSSR count). The van der Waals surface area contributed by atoms with Crippen LogP contribution in [0.25, 0.3) is 0 Å². The lowest BCUT2D eigenvalue weighted by Crippen LogP contribution is -2.36. The number of carbonyl (C=O) groups excluding carboxylic acids is 1. The van der Waals surface area contributed by atoms with Gasteiger partial charge in [-0.1, -0.05) is 13.8 Å². The lowest BCUT2D eigenvalue weighted by molar-refractivity contribution is -0.115. The van der Waals surface area contributed by atoms with Gasteiger partial charge in [-0.25, -0.2) is 0 Å². The summed E-state index contributed by atoms with van der Waals surface area (Å²) < 4.78 is 0. The molecule has 0 aliphatic carbocycles. The van der Waals surface area contributed by atoms with Crippen molar-refractivity contribution in [2.24, 2.45) is 5.41 Å². The predicted octanol–water partition coefficient (Wildman–Crippen LogP) is 1.65. The van der Waals surface area contributed by atoms with Crippen molar-refractivity contribution in [1.29, 1.82) is 0 Å². The quantitative estimate of drug-likeness (QED) is 0.648. The van der Waals surface area contributed by atoms with E-state index >= 15 is 0 Å². The van der Waals surface area contributed by atoms with E-state index in [2.05, 4.69) is 4.90 Å². The van der Waals surface area contributed by atoms with Gasteiger partial charge < -0.3 is 9.69 Å². The van der Waals surface area contributed by atoms with E-state index in [0.29, 0.717) is 0 Å². The first-order valence-electron chi connectivity index (χ1n) is 4.90. The van der Waals surface area contributed by atoms with Crippen LogP contribution in [-0.4, -0.2) is 42.3 Å². The molecule has 0 saturated carbocycles. The maximum absolute atomic E-state index is 10.8. The number of nitrogens with zero attached hydrogens (tertiary/aromatic N) is 1. The second-order valence-corrected chi connectivity index (χ2v) is 5.57. The molecule has 76 valence electrons. The van der Waals surface area contributed by atoms with Gasteiger partial charge >= 0.3 is 0 Å². The Morgan fingerprint density at radius 3 is 2.85 bits per heavy atom. The molecule has 0 aromatic carbocycles. The molecule has 1 heterocycles. The first-order valence-corrected chi connectivity index (χ1v) is 6.06. The average molecular weight is 201 g/mol. The highest BCUT2D eigenvalue weighted by molar-refractivity contribution is 7.99. The van der Waals surface area contributed by atoms with Crippen molar-refractivity contribution in [2.75, 3.05) is 31.1 Å². The van der Waals surface area contributed by atoms with Crippen molar-refractivity contribution in [3.05, 3.63) is 0 Å². The van der Waals surface area contributed by atoms with E-state index in [1.807, 2.05) is 25.6 Å². The van der Waals surface area contributed by atoms with Crippen LogP contribution in [0.4, 0.5) is 0 Å². The third-order valence-electron chi connectivity index (χ3n) is 2.27. The molecule has 3 heteroatoms. The Kier molecular flexibility index (Phi) is 4.26. The van der Waals surface area contributed by atoms with Crippen molar-refractivity contribution >= 4 is 18.0 Å². The van der Waals surface area contributed by atoms with Gasteiger partial charge in [0, 0.05) is 24.3 Å². The molecule has 0 aromatic heterocycles. The van der Waals surface area contributed by atoms with Crippen LogP contribution >= 0.6 is 11.8 Å². The molecule has 2 nitrogen and oxygen atoms in total. The molecule has 0 aromatic rings. The number of thioether (sulfide) groups is 1. The summed E-state index contributed by atoms with van der Waals surface area (Å²) in [6, 6.07) is 0. The van der Waals surface area contributed by atoms with Crippen molar-refractivity contribution in [3.63, 3.8) is 0 Å². The summed E-state index contributed by atoms with van der Waals surface area (Å²) in [5.41, 5.74) is -0.172. The number of carbonyl (C=O) groups is 1. The molecule has 13 heavy (non-hydrogen) atoms. The molecule has 0 spiro atoms. The SMILES string of the molecule is CC(C)(C=O)CN1CCCSCC1. The molecular weight excluding hydrogens is 182 g/mol. The highest BCUT2D eigenvalue weighted by atomic mass is 32.2. The van der Waals surface area contributed by atoms with Crippen LogP contribution in [0.2, 0.25) is 0 Å². The summed E-state index contributed by atoms with van der Waals surface area (Å²) in [7, 11) is 0. The average Bonchev–Trinajstić information content (AvgIpc) is 2.32. The highest BCUT2D eigenvalue weighted by Gasteiger charge is 2.21. The number of rotatable bonds is 3. The molecule has 1 saturated heterocycles. The third-order valence-corrected chi connectivity index (χ3v) is 3.31. The maximum atomic E-state index is 10.8. The lowest BCUT2D eigenvalue weighted by Gasteiger charge is -2.27. The lowest BCUT2D eigenvalue weighted by atomic mass is 9.95. The van der Waals surface area contributed by atoms with Gasteiger partial charge in [-0.3, -0.25) is 0 Å². The van der Waals surface area contributed by atoms with Crippen LogP contribution in [0.15, 0.2) is 0 Å². The Hall–Kier alpha value is -0.0200. The predicted molar refractivity (Wildman–Crippen MR) is 58.2 cm³/mol. The van der Waals surface area contributed by atoms with E-state index < -0.39 is 0 Å². The molecular formula is C10H19NOS. The summed E-state index contributed by atoms with van der Waals surface area (Å²) >= 11 is 2.02. The fraction of sp³-hybridized carbons (Fsp3) is 0.900. The molecule has 0 amide bonds. The zero-order valence-corrected chi connectivity index (χ0v) is 9.40. The first-order chi connectivity index (χ1) is 6.14. The van der Waals surface area contributed by atoms with Gasteiger partial charge in [-0.15, -0.1) is 0 Å². The Morgan fingerprint density at radius 2 is 2.15 bits per heavy atom. The third kappa shape index (κ3) is 4.14. The van der Waals surface area contributed by atoms with Crippen molar-refractivity contribution < 1.29 is 4.79 Å². The zero-order chi connectivity index (χ0) is 9.73. The Balaban J connectivity index is 2.37. The van der Waals surface area contributed by atoms with Gasteiger partial charge in [-0.2, -0.15) is 11.8 Å². The fourth-order valence-corrected chi connectivity index (χ4v) is 2.49. The normalized spacial score (nSPS) is 21.1. The van der Waals surface area contributed by atoms with Gasteiger partial charge in [0.15, 0.2) is 0 Å². The molecule has 0 bridgehead atoms. The largest absolute Gasteiger partial charge is 0.303 e. The van der Waals surface area contributed by atoms with E-state index in [0.717, 1.165) is 25.9 Å². The first kappa shape index (κ1) is 11.1. The molecule has 1 aliphatic rings. The van der Waals surface area contributed by atoms with Crippen molar-refractivity contribution in [2.45, 2.75) is 20.3 Å². The van der Waals surface area contributed by atoms with Crippen LogP contribution in [0.5, 0.6) is 0 Å². The minimum atomic E-state index is -0.172. The number of aldehydes is 1. The van der Waals surface area contributed by atoms with Gasteiger partial charge in [0.25, 0.3) is 0 Å². The van der Waals surface area contributed by atoms with Crippen molar-refractivity contribution in [3.8, 4) is 0 Å². The van der Waals surface area contributed by atoms with Gasteiger partial charge in [0.05, 0.1) is 0 Å². The van der Waals surface area contributed by atoms with Crippen LogP contribution in [-0.2, 0) is 4.79 Å². The highest BCUT2D eigenvalue weighted by Crippen LogP contribution is 2.17. The smallest absolute Gasteiger partial charge is 0.126 e. The van der Waals surface area contributed by atoms with E-state index in [1.54, 1.807) is 0 Å². The number of hydrogen-bond donors (Lipinski definition) is 0. The van der Waals surface area contributed by atoms with E-state index in [-0.39, 0.29) is 5.41 Å². The molecule has 0 unspecified atom stereocenters. The summed E-state index contributed by atoms with van der Waals surface area (Å²) in [6.45, 7) is 7.24. The fourth-order valence-electron chi connectivity index (χ4n) is 1.57. The van der Waals surface area contributed by atoms with Gasteiger partial charge in [0.1, 0.15) is 6.29 Å². The number of hydrogen-bond acceptors (Lipinski definition) is 3. The van der Waals surface area contributed by atoms with E-state index in [9.17, 15) is 4.79 Å². The minimum Gasteiger partial charge on any atom is -0.303 e. The van der Waals surface area contributed by atoms with Crippen LogP contribution < -0.4 is 0 Å². The Bertz CT molecular complexity index is 162. The summed E-state index contributed by atoms with van der Waals surface area (Å²) in [5, 5.41) is 0. The second-order valence-electron chi connectivity index (χ2n) is 4.35. The summed E-state index contributed by atoms with van der Waals surface area (Å²) in [6.07, 6.45) is 2.34. The molecule has 1 aliphatic heterocycles. The molecule has 0 radical (unpaired) electrons. The van der Waals surface area contributed by atoms with Crippen LogP contribution in [0, 0.1) is 5.41 Å². The molecule has 0 N–H and O–H groups in total. The molecule has 0 atom stereocenters. The standard InChI is InChI=1S/C10H19NOS/c1-10(2,9-12)8-11-4-3-6-13-7-5-11/h9H,3-8H2,1-2H3. The Labute approximate surface area is 85.1 Å². The van der Waals surface area contributed by atoms with Crippen molar-refractivity contribution in [1.82, 2.24) is 4.90 Å². The van der Waals surface area contributed by atoms with Crippen LogP contribution in [0.3, 0.4) is 0 Å². The molecule has 1 fully saturated rings. The van der Waals surface area contributed by atoms with Crippen LogP contribution in [0.1, 0.15) is 20.3 Å². The monoisotopic (exact) mass is 201 g/mol. The Morgan fingerprint density at radius 1 is 1.38 bits per heavy atom. The minimum absolute atomic E-state index is 0.172. The summed E-state index contributed by atoms with van der Waals surface area (Å²) in [5.74, 6) is 2.49. The zero-order valence-electron chi connectivity index (χ0n) is 8.58. The topological polar surface area (TPSA) is 20.3 Å². The summed E-state index contributed by atoms with van der Waals surface area (Å²) in [4.78, 5) is 13.2. The van der Waals surface area contributed by atoms with Gasteiger partial charge in [-0.05, 0) is 18.7 Å². The van der Waals surface area contributed by atoms with E-state index in [1.165, 1.54) is 17.9 Å².